The van der Waals surface area contributed by atoms with Crippen LogP contribution in [0.5, 0.6) is 0 Å². The highest BCUT2D eigenvalue weighted by Gasteiger charge is 2.59. The highest BCUT2D eigenvalue weighted by atomic mass is 16.5. The summed E-state index contributed by atoms with van der Waals surface area (Å²) in [6.07, 6.45) is 2.23. The van der Waals surface area contributed by atoms with Gasteiger partial charge in [0.05, 0.1) is 13.2 Å². The van der Waals surface area contributed by atoms with Crippen LogP contribution in [0.2, 0.25) is 0 Å². The zero-order valence-corrected chi connectivity index (χ0v) is 16.9. The summed E-state index contributed by atoms with van der Waals surface area (Å²) in [5.74, 6) is -0.682. The molecule has 154 valence electrons. The SMILES string of the molecule is CCOC(=O)C1=CC[C@@]2(C1)C(=O)N(Cc1ccccc1)C(=O)N2Cc1ccccc1. The highest BCUT2D eigenvalue weighted by Crippen LogP contribution is 2.43. The van der Waals surface area contributed by atoms with Gasteiger partial charge in [-0.2, -0.15) is 0 Å². The summed E-state index contributed by atoms with van der Waals surface area (Å²) in [5, 5.41) is 0. The smallest absolute Gasteiger partial charge is 0.333 e. The van der Waals surface area contributed by atoms with Crippen molar-refractivity contribution in [3.05, 3.63) is 83.4 Å². The second-order valence-corrected chi connectivity index (χ2v) is 7.59. The number of imide groups is 1. The molecule has 1 spiro atoms. The molecule has 1 heterocycles. The lowest BCUT2D eigenvalue weighted by Gasteiger charge is -2.31. The van der Waals surface area contributed by atoms with Crippen molar-refractivity contribution in [2.45, 2.75) is 38.4 Å². The molecule has 2 aromatic carbocycles. The van der Waals surface area contributed by atoms with Gasteiger partial charge in [-0.15, -0.1) is 0 Å². The Bertz CT molecular complexity index is 987. The van der Waals surface area contributed by atoms with Gasteiger partial charge in [0.1, 0.15) is 5.54 Å². The van der Waals surface area contributed by atoms with Crippen LogP contribution in [0.3, 0.4) is 0 Å². The fraction of sp³-hybridized carbons (Fsp3) is 0.292. The summed E-state index contributed by atoms with van der Waals surface area (Å²) in [4.78, 5) is 42.1. The predicted molar refractivity (Wildman–Crippen MR) is 111 cm³/mol. The molecule has 1 atom stereocenters. The summed E-state index contributed by atoms with van der Waals surface area (Å²) in [6, 6.07) is 18.7. The third kappa shape index (κ3) is 3.49. The second kappa shape index (κ2) is 8.14. The van der Waals surface area contributed by atoms with Crippen molar-refractivity contribution < 1.29 is 19.1 Å². The van der Waals surface area contributed by atoms with E-state index in [4.69, 9.17) is 4.74 Å². The summed E-state index contributed by atoms with van der Waals surface area (Å²) >= 11 is 0. The molecule has 1 saturated heterocycles. The number of carbonyl (C=O) groups excluding carboxylic acids is 3. The van der Waals surface area contributed by atoms with Crippen LogP contribution >= 0.6 is 0 Å². The van der Waals surface area contributed by atoms with Crippen LogP contribution in [0, 0.1) is 0 Å². The summed E-state index contributed by atoms with van der Waals surface area (Å²) in [7, 11) is 0. The number of benzene rings is 2. The number of carbonyl (C=O) groups is 3. The van der Waals surface area contributed by atoms with E-state index in [-0.39, 0.29) is 31.5 Å². The normalized spacial score (nSPS) is 20.8. The third-order valence-corrected chi connectivity index (χ3v) is 5.70. The Morgan fingerprint density at radius 2 is 1.57 bits per heavy atom. The van der Waals surface area contributed by atoms with Crippen LogP contribution < -0.4 is 0 Å². The Balaban J connectivity index is 1.65. The molecule has 1 aliphatic heterocycles. The van der Waals surface area contributed by atoms with Crippen molar-refractivity contribution in [1.29, 1.82) is 0 Å². The van der Waals surface area contributed by atoms with Gasteiger partial charge >= 0.3 is 12.0 Å². The number of amides is 3. The first-order chi connectivity index (χ1) is 14.5. The lowest BCUT2D eigenvalue weighted by molar-refractivity contribution is -0.139. The summed E-state index contributed by atoms with van der Waals surface area (Å²) in [6.45, 7) is 2.53. The topological polar surface area (TPSA) is 66.9 Å². The molecule has 1 fully saturated rings. The first kappa shape index (κ1) is 19.9. The highest BCUT2D eigenvalue weighted by molar-refractivity contribution is 6.08. The third-order valence-electron chi connectivity index (χ3n) is 5.70. The molecule has 0 N–H and O–H groups in total. The van der Waals surface area contributed by atoms with Gasteiger partial charge in [0.2, 0.25) is 0 Å². The van der Waals surface area contributed by atoms with Crippen molar-refractivity contribution in [2.24, 2.45) is 0 Å². The summed E-state index contributed by atoms with van der Waals surface area (Å²) in [5.41, 5.74) is 1.19. The molecule has 0 bridgehead atoms. The lowest BCUT2D eigenvalue weighted by Crippen LogP contribution is -2.47. The summed E-state index contributed by atoms with van der Waals surface area (Å²) < 4.78 is 5.13. The quantitative estimate of drug-likeness (QED) is 0.544. The van der Waals surface area contributed by atoms with Crippen molar-refractivity contribution in [1.82, 2.24) is 9.80 Å². The van der Waals surface area contributed by atoms with Gasteiger partial charge in [0.25, 0.3) is 5.91 Å². The van der Waals surface area contributed by atoms with E-state index in [1.54, 1.807) is 17.9 Å². The van der Waals surface area contributed by atoms with Crippen LogP contribution in [-0.2, 0) is 27.4 Å². The molecule has 0 radical (unpaired) electrons. The van der Waals surface area contributed by atoms with Gasteiger partial charge in [-0.1, -0.05) is 66.7 Å². The van der Waals surface area contributed by atoms with Gasteiger partial charge in [-0.05, 0) is 24.5 Å². The molecule has 6 nitrogen and oxygen atoms in total. The fourth-order valence-corrected chi connectivity index (χ4v) is 4.17. The van der Waals surface area contributed by atoms with Crippen LogP contribution in [0.15, 0.2) is 72.3 Å². The zero-order valence-electron chi connectivity index (χ0n) is 16.9. The largest absolute Gasteiger partial charge is 0.463 e. The lowest BCUT2D eigenvalue weighted by atomic mass is 9.92. The van der Waals surface area contributed by atoms with Gasteiger partial charge in [-0.25, -0.2) is 9.59 Å². The molecule has 1 aliphatic carbocycles. The van der Waals surface area contributed by atoms with Gasteiger partial charge in [-0.3, -0.25) is 9.69 Å². The van der Waals surface area contributed by atoms with E-state index in [2.05, 4.69) is 0 Å². The Morgan fingerprint density at radius 1 is 0.967 bits per heavy atom. The van der Waals surface area contributed by atoms with Gasteiger partial charge < -0.3 is 9.64 Å². The first-order valence-corrected chi connectivity index (χ1v) is 10.1. The van der Waals surface area contributed by atoms with Gasteiger partial charge in [0, 0.05) is 18.5 Å². The minimum Gasteiger partial charge on any atom is -0.463 e. The molecule has 4 rings (SSSR count). The number of hydrogen-bond donors (Lipinski definition) is 0. The molecular weight excluding hydrogens is 380 g/mol. The number of esters is 1. The van der Waals surface area contributed by atoms with Crippen molar-refractivity contribution >= 4 is 17.9 Å². The van der Waals surface area contributed by atoms with Crippen LogP contribution in [0.25, 0.3) is 0 Å². The number of urea groups is 1. The molecule has 0 aromatic heterocycles. The van der Waals surface area contributed by atoms with E-state index in [1.165, 1.54) is 4.90 Å². The second-order valence-electron chi connectivity index (χ2n) is 7.59. The average molecular weight is 404 g/mol. The molecule has 30 heavy (non-hydrogen) atoms. The number of rotatable bonds is 6. The maximum Gasteiger partial charge on any atom is 0.333 e. The van der Waals surface area contributed by atoms with Crippen molar-refractivity contribution in [3.8, 4) is 0 Å². The van der Waals surface area contributed by atoms with Crippen LogP contribution in [-0.4, -0.2) is 39.9 Å². The molecule has 6 heteroatoms. The molecule has 0 saturated carbocycles. The fourth-order valence-electron chi connectivity index (χ4n) is 4.17. The Labute approximate surface area is 175 Å². The minimum atomic E-state index is -1.08. The molecule has 2 aromatic rings. The monoisotopic (exact) mass is 404 g/mol. The average Bonchev–Trinajstić information content (AvgIpc) is 3.29. The Morgan fingerprint density at radius 3 is 2.17 bits per heavy atom. The maximum atomic E-state index is 13.5. The number of hydrogen-bond acceptors (Lipinski definition) is 4. The van der Waals surface area contributed by atoms with Crippen LogP contribution in [0.4, 0.5) is 4.79 Å². The standard InChI is InChI=1S/C24H24N2O4/c1-2-30-21(27)20-13-14-24(15-20)22(28)25(16-18-9-5-3-6-10-18)23(29)26(24)17-19-11-7-4-8-12-19/h3-13H,2,14-17H2,1H3/t24-/m1/s1. The van der Waals surface area contributed by atoms with Gasteiger partial charge in [0.15, 0.2) is 0 Å². The van der Waals surface area contributed by atoms with E-state index < -0.39 is 11.5 Å². The molecule has 2 aliphatic rings. The molecule has 3 amide bonds. The number of nitrogens with zero attached hydrogens (tertiary/aromatic N) is 2. The zero-order chi connectivity index (χ0) is 21.1. The predicted octanol–water partition coefficient (Wildman–Crippen LogP) is 3.67. The minimum absolute atomic E-state index is 0.175. The van der Waals surface area contributed by atoms with E-state index in [0.717, 1.165) is 11.1 Å². The molecular formula is C24H24N2O4. The van der Waals surface area contributed by atoms with E-state index in [9.17, 15) is 14.4 Å². The Hall–Kier alpha value is -3.41. The van der Waals surface area contributed by atoms with E-state index >= 15 is 0 Å². The van der Waals surface area contributed by atoms with E-state index in [0.29, 0.717) is 18.5 Å². The van der Waals surface area contributed by atoms with Crippen molar-refractivity contribution in [3.63, 3.8) is 0 Å². The first-order valence-electron chi connectivity index (χ1n) is 10.1. The maximum absolute atomic E-state index is 13.5. The number of ether oxygens (including phenoxy) is 1. The molecule has 0 unspecified atom stereocenters. The van der Waals surface area contributed by atoms with Crippen LogP contribution in [0.1, 0.15) is 30.9 Å². The Kier molecular flexibility index (Phi) is 5.40. The van der Waals surface area contributed by atoms with E-state index in [1.807, 2.05) is 60.7 Å². The van der Waals surface area contributed by atoms with Crippen molar-refractivity contribution in [2.75, 3.05) is 6.61 Å².